The summed E-state index contributed by atoms with van der Waals surface area (Å²) in [6.07, 6.45) is 0. The first-order valence-electron chi connectivity index (χ1n) is 6.12. The molecule has 0 saturated carbocycles. The molecule has 1 aromatic heterocycles. The van der Waals surface area contributed by atoms with E-state index in [9.17, 15) is 4.79 Å². The van der Waals surface area contributed by atoms with Crippen LogP contribution < -0.4 is 5.32 Å². The summed E-state index contributed by atoms with van der Waals surface area (Å²) in [6, 6.07) is 7.40. The van der Waals surface area contributed by atoms with E-state index in [-0.39, 0.29) is 12.0 Å². The van der Waals surface area contributed by atoms with Crippen LogP contribution in [0.2, 0.25) is 0 Å². The molecule has 1 atom stereocenters. The highest BCUT2D eigenvalue weighted by Gasteiger charge is 2.10. The third kappa shape index (κ3) is 3.54. The van der Waals surface area contributed by atoms with Crippen molar-refractivity contribution in [2.45, 2.75) is 19.9 Å². The maximum absolute atomic E-state index is 11.7. The number of ether oxygens (including phenoxy) is 1. The highest BCUT2D eigenvalue weighted by atomic mass is 32.1. The van der Waals surface area contributed by atoms with E-state index in [2.05, 4.69) is 10.3 Å². The summed E-state index contributed by atoms with van der Waals surface area (Å²) < 4.78 is 4.98. The van der Waals surface area contributed by atoms with Crippen molar-refractivity contribution in [2.75, 3.05) is 11.9 Å². The van der Waals surface area contributed by atoms with E-state index >= 15 is 0 Å². The number of nitrogens with one attached hydrogen (secondary N) is 1. The van der Waals surface area contributed by atoms with Crippen LogP contribution in [0.25, 0.3) is 0 Å². The molecule has 0 radical (unpaired) electrons. The molecule has 100 valence electrons. The fraction of sp³-hybridized carbons (Fsp3) is 0.286. The molecule has 5 heteroatoms. The molecule has 4 nitrogen and oxygen atoms in total. The van der Waals surface area contributed by atoms with Crippen LogP contribution >= 0.6 is 11.3 Å². The smallest absolute Gasteiger partial charge is 0.338 e. The minimum atomic E-state index is -0.299. The van der Waals surface area contributed by atoms with E-state index in [1.165, 1.54) is 0 Å². The van der Waals surface area contributed by atoms with Gasteiger partial charge in [-0.2, -0.15) is 0 Å². The van der Waals surface area contributed by atoms with Crippen molar-refractivity contribution in [3.8, 4) is 0 Å². The van der Waals surface area contributed by atoms with Gasteiger partial charge in [-0.25, -0.2) is 9.78 Å². The molecule has 0 fully saturated rings. The monoisotopic (exact) mass is 276 g/mol. The van der Waals surface area contributed by atoms with Crippen molar-refractivity contribution in [1.82, 2.24) is 4.98 Å². The number of nitrogens with zero attached hydrogens (tertiary/aromatic N) is 1. The Kier molecular flexibility index (Phi) is 4.52. The molecule has 1 unspecified atom stereocenters. The number of aromatic nitrogens is 1. The standard InChI is InChI=1S/C14H16N2O2S/c1-3-18-14(17)11-5-4-6-12(7-11)16-10(2)13-8-19-9-15-13/h4-10,16H,3H2,1-2H3. The molecule has 0 spiro atoms. The van der Waals surface area contributed by atoms with Crippen molar-refractivity contribution < 1.29 is 9.53 Å². The zero-order valence-corrected chi connectivity index (χ0v) is 11.7. The molecule has 0 bridgehead atoms. The van der Waals surface area contributed by atoms with Gasteiger partial charge < -0.3 is 10.1 Å². The first-order valence-corrected chi connectivity index (χ1v) is 7.06. The second-order valence-corrected chi connectivity index (χ2v) is 4.80. The van der Waals surface area contributed by atoms with E-state index in [1.54, 1.807) is 30.4 Å². The van der Waals surface area contributed by atoms with E-state index in [1.807, 2.05) is 29.9 Å². The number of benzene rings is 1. The topological polar surface area (TPSA) is 51.2 Å². The summed E-state index contributed by atoms with van der Waals surface area (Å²) in [6.45, 7) is 4.21. The fourth-order valence-electron chi connectivity index (χ4n) is 1.71. The van der Waals surface area contributed by atoms with Crippen LogP contribution in [-0.4, -0.2) is 17.6 Å². The Morgan fingerprint density at radius 3 is 3.05 bits per heavy atom. The summed E-state index contributed by atoms with van der Waals surface area (Å²) in [5.41, 5.74) is 4.23. The van der Waals surface area contributed by atoms with Crippen LogP contribution in [0.3, 0.4) is 0 Å². The minimum absolute atomic E-state index is 0.101. The SMILES string of the molecule is CCOC(=O)c1cccc(NC(C)c2cscn2)c1. The Bertz CT molecular complexity index is 540. The lowest BCUT2D eigenvalue weighted by Crippen LogP contribution is -2.09. The van der Waals surface area contributed by atoms with Crippen molar-refractivity contribution >= 4 is 23.0 Å². The van der Waals surface area contributed by atoms with Crippen LogP contribution in [0, 0.1) is 0 Å². The Hall–Kier alpha value is -1.88. The van der Waals surface area contributed by atoms with Gasteiger partial charge in [-0.15, -0.1) is 11.3 Å². The zero-order valence-electron chi connectivity index (χ0n) is 10.9. The normalized spacial score (nSPS) is 11.9. The quantitative estimate of drug-likeness (QED) is 0.849. The van der Waals surface area contributed by atoms with Crippen molar-refractivity contribution in [1.29, 1.82) is 0 Å². The first-order chi connectivity index (χ1) is 9.20. The van der Waals surface area contributed by atoms with Crippen molar-refractivity contribution in [3.63, 3.8) is 0 Å². The van der Waals surface area contributed by atoms with Gasteiger partial charge in [0.2, 0.25) is 0 Å². The van der Waals surface area contributed by atoms with Gasteiger partial charge in [-0.1, -0.05) is 6.07 Å². The molecule has 19 heavy (non-hydrogen) atoms. The Labute approximate surface area is 116 Å². The second-order valence-electron chi connectivity index (χ2n) is 4.08. The number of rotatable bonds is 5. The number of thiazole rings is 1. The van der Waals surface area contributed by atoms with E-state index in [0.29, 0.717) is 12.2 Å². The third-order valence-corrected chi connectivity index (χ3v) is 3.26. The summed E-state index contributed by atoms with van der Waals surface area (Å²) in [5, 5.41) is 5.32. The van der Waals surface area contributed by atoms with Crippen LogP contribution in [0.5, 0.6) is 0 Å². The lowest BCUT2D eigenvalue weighted by atomic mass is 10.2. The Morgan fingerprint density at radius 2 is 2.37 bits per heavy atom. The number of carbonyl (C=O) groups is 1. The van der Waals surface area contributed by atoms with Crippen LogP contribution in [0.15, 0.2) is 35.2 Å². The van der Waals surface area contributed by atoms with Gasteiger partial charge in [-0.3, -0.25) is 0 Å². The summed E-state index contributed by atoms with van der Waals surface area (Å²) in [5.74, 6) is -0.299. The van der Waals surface area contributed by atoms with E-state index in [0.717, 1.165) is 11.4 Å². The average molecular weight is 276 g/mol. The molecule has 0 aliphatic heterocycles. The first kappa shape index (κ1) is 13.5. The predicted octanol–water partition coefficient (Wildman–Crippen LogP) is 3.49. The second kappa shape index (κ2) is 6.33. The number of hydrogen-bond acceptors (Lipinski definition) is 5. The molecule has 0 amide bonds. The summed E-state index contributed by atoms with van der Waals surface area (Å²) >= 11 is 1.57. The van der Waals surface area contributed by atoms with Crippen LogP contribution in [0.1, 0.15) is 35.9 Å². The number of esters is 1. The molecule has 0 aliphatic carbocycles. The molecule has 1 aromatic carbocycles. The van der Waals surface area contributed by atoms with Gasteiger partial charge >= 0.3 is 5.97 Å². The largest absolute Gasteiger partial charge is 0.462 e. The highest BCUT2D eigenvalue weighted by Crippen LogP contribution is 2.20. The maximum atomic E-state index is 11.7. The molecule has 0 aliphatic rings. The zero-order chi connectivity index (χ0) is 13.7. The fourth-order valence-corrected chi connectivity index (χ4v) is 2.36. The number of anilines is 1. The molecule has 2 aromatic rings. The lowest BCUT2D eigenvalue weighted by Gasteiger charge is -2.13. The molecule has 0 saturated heterocycles. The van der Waals surface area contributed by atoms with Crippen molar-refractivity contribution in [3.05, 3.63) is 46.4 Å². The van der Waals surface area contributed by atoms with Gasteiger partial charge in [0.1, 0.15) is 0 Å². The molecule has 1 heterocycles. The van der Waals surface area contributed by atoms with Crippen molar-refractivity contribution in [2.24, 2.45) is 0 Å². The Balaban J connectivity index is 2.09. The van der Waals surface area contributed by atoms with E-state index < -0.39 is 0 Å². The van der Waals surface area contributed by atoms with Gasteiger partial charge in [0.25, 0.3) is 0 Å². The number of hydrogen-bond donors (Lipinski definition) is 1. The van der Waals surface area contributed by atoms with E-state index in [4.69, 9.17) is 4.74 Å². The third-order valence-electron chi connectivity index (χ3n) is 2.65. The van der Waals surface area contributed by atoms with Crippen LogP contribution in [0.4, 0.5) is 5.69 Å². The highest BCUT2D eigenvalue weighted by molar-refractivity contribution is 7.07. The maximum Gasteiger partial charge on any atom is 0.338 e. The summed E-state index contributed by atoms with van der Waals surface area (Å²) in [7, 11) is 0. The molecule has 2 rings (SSSR count). The molecular formula is C14H16N2O2S. The van der Waals surface area contributed by atoms with Gasteiger partial charge in [0.05, 0.1) is 29.4 Å². The molecule has 1 N–H and O–H groups in total. The lowest BCUT2D eigenvalue weighted by molar-refractivity contribution is 0.0526. The summed E-state index contributed by atoms with van der Waals surface area (Å²) in [4.78, 5) is 15.9. The van der Waals surface area contributed by atoms with Gasteiger partial charge in [-0.05, 0) is 32.0 Å². The van der Waals surface area contributed by atoms with Gasteiger partial charge in [0.15, 0.2) is 0 Å². The average Bonchev–Trinajstić information content (AvgIpc) is 2.93. The molecular weight excluding hydrogens is 260 g/mol. The Morgan fingerprint density at radius 1 is 1.53 bits per heavy atom. The minimum Gasteiger partial charge on any atom is -0.462 e. The number of carbonyl (C=O) groups excluding carboxylic acids is 1. The predicted molar refractivity (Wildman–Crippen MR) is 76.6 cm³/mol. The van der Waals surface area contributed by atoms with Gasteiger partial charge in [0, 0.05) is 11.1 Å². The van der Waals surface area contributed by atoms with Crippen LogP contribution in [-0.2, 0) is 4.74 Å².